The number of anilines is 1. The zero-order valence-corrected chi connectivity index (χ0v) is 13.1. The quantitative estimate of drug-likeness (QED) is 0.748. The molecular weight excluding hydrogens is 321 g/mol. The standard InChI is InChI=1S/C19H14FN3O2/c20-14-7-5-12(6-8-14)9-16-18(24)23(19(25)22-16)17-11-21-10-13-3-1-2-4-15(13)17/h1-8,10-11,16H,9H2,(H,22,25)/t16-/m1/s1. The van der Waals surface area contributed by atoms with Gasteiger partial charge in [-0.1, -0.05) is 36.4 Å². The fraction of sp³-hybridized carbons (Fsp3) is 0.105. The molecule has 1 aliphatic heterocycles. The van der Waals surface area contributed by atoms with E-state index < -0.39 is 12.1 Å². The fourth-order valence-corrected chi connectivity index (χ4v) is 3.03. The number of carbonyl (C=O) groups is 2. The molecule has 5 nitrogen and oxygen atoms in total. The lowest BCUT2D eigenvalue weighted by Crippen LogP contribution is -2.32. The molecule has 0 radical (unpaired) electrons. The van der Waals surface area contributed by atoms with Crippen molar-refractivity contribution in [3.63, 3.8) is 0 Å². The van der Waals surface area contributed by atoms with Crippen molar-refractivity contribution >= 4 is 28.4 Å². The highest BCUT2D eigenvalue weighted by Gasteiger charge is 2.39. The first-order valence-corrected chi connectivity index (χ1v) is 7.85. The first-order valence-electron chi connectivity index (χ1n) is 7.85. The number of benzene rings is 2. The van der Waals surface area contributed by atoms with Crippen LogP contribution >= 0.6 is 0 Å². The minimum absolute atomic E-state index is 0.305. The Hall–Kier alpha value is -3.28. The topological polar surface area (TPSA) is 62.3 Å². The summed E-state index contributed by atoms with van der Waals surface area (Å²) in [6.07, 6.45) is 3.51. The van der Waals surface area contributed by atoms with Gasteiger partial charge in [0.25, 0.3) is 5.91 Å². The summed E-state index contributed by atoms with van der Waals surface area (Å²) in [4.78, 5) is 30.4. The van der Waals surface area contributed by atoms with Gasteiger partial charge in [-0.2, -0.15) is 0 Å². The minimum atomic E-state index is -0.683. The van der Waals surface area contributed by atoms with Gasteiger partial charge in [0, 0.05) is 23.4 Å². The summed E-state index contributed by atoms with van der Waals surface area (Å²) in [5, 5.41) is 4.33. The number of halogens is 1. The monoisotopic (exact) mass is 335 g/mol. The summed E-state index contributed by atoms with van der Waals surface area (Å²) in [5.74, 6) is -0.679. The van der Waals surface area contributed by atoms with E-state index in [0.717, 1.165) is 21.2 Å². The van der Waals surface area contributed by atoms with Gasteiger partial charge in [-0.15, -0.1) is 0 Å². The van der Waals surface area contributed by atoms with Crippen molar-refractivity contribution in [2.75, 3.05) is 4.90 Å². The van der Waals surface area contributed by atoms with Gasteiger partial charge in [0.2, 0.25) is 0 Å². The predicted octanol–water partition coefficient (Wildman–Crippen LogP) is 3.04. The van der Waals surface area contributed by atoms with Crippen LogP contribution in [0.15, 0.2) is 60.9 Å². The van der Waals surface area contributed by atoms with Gasteiger partial charge in [-0.3, -0.25) is 9.78 Å². The highest BCUT2D eigenvalue weighted by atomic mass is 19.1. The molecule has 0 saturated carbocycles. The van der Waals surface area contributed by atoms with E-state index in [0.29, 0.717) is 12.1 Å². The molecule has 1 N–H and O–H groups in total. The van der Waals surface area contributed by atoms with E-state index in [4.69, 9.17) is 0 Å². The molecule has 0 unspecified atom stereocenters. The van der Waals surface area contributed by atoms with E-state index in [9.17, 15) is 14.0 Å². The smallest absolute Gasteiger partial charge is 0.325 e. The van der Waals surface area contributed by atoms with E-state index >= 15 is 0 Å². The summed E-state index contributed by atoms with van der Waals surface area (Å²) in [6, 6.07) is 12.2. The van der Waals surface area contributed by atoms with Crippen LogP contribution in [0.4, 0.5) is 14.9 Å². The number of nitrogens with one attached hydrogen (secondary N) is 1. The largest absolute Gasteiger partial charge is 0.329 e. The average Bonchev–Trinajstić information content (AvgIpc) is 2.90. The molecule has 6 heteroatoms. The molecule has 1 aliphatic rings. The van der Waals surface area contributed by atoms with Gasteiger partial charge in [0.05, 0.1) is 11.9 Å². The van der Waals surface area contributed by atoms with Crippen LogP contribution < -0.4 is 10.2 Å². The van der Waals surface area contributed by atoms with Crippen LogP contribution in [0.5, 0.6) is 0 Å². The van der Waals surface area contributed by atoms with E-state index in [1.54, 1.807) is 18.3 Å². The maximum Gasteiger partial charge on any atom is 0.329 e. The molecule has 124 valence electrons. The Balaban J connectivity index is 1.66. The number of aromatic nitrogens is 1. The van der Waals surface area contributed by atoms with Gasteiger partial charge in [0.15, 0.2) is 0 Å². The number of amides is 3. The van der Waals surface area contributed by atoms with Crippen molar-refractivity contribution in [2.24, 2.45) is 0 Å². The number of imide groups is 1. The Morgan fingerprint density at radius 2 is 1.80 bits per heavy atom. The van der Waals surface area contributed by atoms with Gasteiger partial charge >= 0.3 is 6.03 Å². The van der Waals surface area contributed by atoms with E-state index in [1.165, 1.54) is 18.3 Å². The van der Waals surface area contributed by atoms with Gasteiger partial charge < -0.3 is 5.32 Å². The zero-order valence-electron chi connectivity index (χ0n) is 13.1. The summed E-state index contributed by atoms with van der Waals surface area (Å²) in [5.41, 5.74) is 1.24. The lowest BCUT2D eigenvalue weighted by molar-refractivity contribution is -0.118. The first-order chi connectivity index (χ1) is 12.1. The number of hydrogen-bond acceptors (Lipinski definition) is 3. The van der Waals surface area contributed by atoms with Crippen LogP contribution in [0.3, 0.4) is 0 Å². The number of rotatable bonds is 3. The van der Waals surface area contributed by atoms with Crippen LogP contribution in [0.25, 0.3) is 10.8 Å². The third-order valence-electron chi connectivity index (χ3n) is 4.26. The Labute approximate surface area is 143 Å². The average molecular weight is 335 g/mol. The molecule has 0 aliphatic carbocycles. The van der Waals surface area contributed by atoms with Crippen molar-refractivity contribution in [3.8, 4) is 0 Å². The number of nitrogens with zero attached hydrogens (tertiary/aromatic N) is 2. The molecule has 2 heterocycles. The zero-order chi connectivity index (χ0) is 17.4. The van der Waals surface area contributed by atoms with E-state index in [2.05, 4.69) is 10.3 Å². The molecule has 25 heavy (non-hydrogen) atoms. The van der Waals surface area contributed by atoms with Crippen LogP contribution in [-0.2, 0) is 11.2 Å². The van der Waals surface area contributed by atoms with Crippen molar-refractivity contribution in [1.82, 2.24) is 10.3 Å². The Morgan fingerprint density at radius 1 is 1.04 bits per heavy atom. The third kappa shape index (κ3) is 2.71. The molecule has 1 fully saturated rings. The van der Waals surface area contributed by atoms with Gasteiger partial charge in [-0.25, -0.2) is 14.1 Å². The number of carbonyl (C=O) groups excluding carboxylic acids is 2. The number of fused-ring (bicyclic) bond motifs is 1. The SMILES string of the molecule is O=C1N[C@H](Cc2ccc(F)cc2)C(=O)N1c1cncc2ccccc12. The highest BCUT2D eigenvalue weighted by molar-refractivity contribution is 6.24. The molecule has 1 atom stereocenters. The van der Waals surface area contributed by atoms with Gasteiger partial charge in [-0.05, 0) is 17.7 Å². The second kappa shape index (κ2) is 5.98. The number of urea groups is 1. The lowest BCUT2D eigenvalue weighted by atomic mass is 10.1. The Kier molecular flexibility index (Phi) is 3.65. The molecule has 4 rings (SSSR count). The first kappa shape index (κ1) is 15.3. The van der Waals surface area contributed by atoms with Crippen LogP contribution in [0.2, 0.25) is 0 Å². The van der Waals surface area contributed by atoms with Crippen LogP contribution in [-0.4, -0.2) is 23.0 Å². The van der Waals surface area contributed by atoms with Gasteiger partial charge in [0.1, 0.15) is 11.9 Å². The van der Waals surface area contributed by atoms with Crippen molar-refractivity contribution in [1.29, 1.82) is 0 Å². The van der Waals surface area contributed by atoms with E-state index in [-0.39, 0.29) is 11.7 Å². The Morgan fingerprint density at radius 3 is 2.60 bits per heavy atom. The van der Waals surface area contributed by atoms with Crippen LogP contribution in [0, 0.1) is 5.82 Å². The lowest BCUT2D eigenvalue weighted by Gasteiger charge is -2.15. The fourth-order valence-electron chi connectivity index (χ4n) is 3.03. The Bertz CT molecular complexity index is 967. The molecule has 3 amide bonds. The minimum Gasteiger partial charge on any atom is -0.325 e. The third-order valence-corrected chi connectivity index (χ3v) is 4.26. The number of pyridine rings is 1. The highest BCUT2D eigenvalue weighted by Crippen LogP contribution is 2.28. The van der Waals surface area contributed by atoms with Crippen molar-refractivity contribution in [2.45, 2.75) is 12.5 Å². The molecular formula is C19H14FN3O2. The van der Waals surface area contributed by atoms with Crippen molar-refractivity contribution in [3.05, 3.63) is 72.3 Å². The van der Waals surface area contributed by atoms with Crippen LogP contribution in [0.1, 0.15) is 5.56 Å². The normalized spacial score (nSPS) is 17.2. The molecule has 2 aromatic carbocycles. The summed E-state index contributed by atoms with van der Waals surface area (Å²) < 4.78 is 13.0. The summed E-state index contributed by atoms with van der Waals surface area (Å²) >= 11 is 0. The summed E-state index contributed by atoms with van der Waals surface area (Å²) in [7, 11) is 0. The molecule has 3 aromatic rings. The summed E-state index contributed by atoms with van der Waals surface area (Å²) in [6.45, 7) is 0. The maximum absolute atomic E-state index is 13.0. The molecule has 0 bridgehead atoms. The predicted molar refractivity (Wildman–Crippen MR) is 91.7 cm³/mol. The molecule has 0 spiro atoms. The van der Waals surface area contributed by atoms with Crippen molar-refractivity contribution < 1.29 is 14.0 Å². The number of hydrogen-bond donors (Lipinski definition) is 1. The molecule has 1 aromatic heterocycles. The molecule has 1 saturated heterocycles. The van der Waals surface area contributed by atoms with E-state index in [1.807, 2.05) is 24.3 Å². The second-order valence-corrected chi connectivity index (χ2v) is 5.89. The maximum atomic E-state index is 13.0. The second-order valence-electron chi connectivity index (χ2n) is 5.89.